The molecule has 0 aliphatic carbocycles. The molecule has 0 radical (unpaired) electrons. The summed E-state index contributed by atoms with van der Waals surface area (Å²) in [5.41, 5.74) is -3.70. The van der Waals surface area contributed by atoms with Gasteiger partial charge in [-0.2, -0.15) is 13.2 Å². The van der Waals surface area contributed by atoms with Crippen LogP contribution in [0.15, 0.2) is 18.2 Å². The Hall–Kier alpha value is -2.32. The molecule has 0 saturated heterocycles. The average molecular weight is 306 g/mol. The van der Waals surface area contributed by atoms with Gasteiger partial charge in [0.25, 0.3) is 5.69 Å². The molecule has 0 aliphatic rings. The van der Waals surface area contributed by atoms with Gasteiger partial charge >= 0.3 is 12.1 Å². The third-order valence-electron chi connectivity index (χ3n) is 3.22. The van der Waals surface area contributed by atoms with Crippen molar-refractivity contribution in [1.82, 2.24) is 0 Å². The quantitative estimate of drug-likeness (QED) is 0.683. The Morgan fingerprint density at radius 3 is 2.24 bits per heavy atom. The number of rotatable bonds is 4. The third kappa shape index (κ3) is 3.23. The van der Waals surface area contributed by atoms with E-state index in [4.69, 9.17) is 5.11 Å². The summed E-state index contributed by atoms with van der Waals surface area (Å²) in [6, 6.07) is 1.96. The molecule has 6 nitrogen and oxygen atoms in total. The van der Waals surface area contributed by atoms with Gasteiger partial charge in [-0.25, -0.2) is 4.79 Å². The highest BCUT2D eigenvalue weighted by Gasteiger charge is 2.38. The maximum Gasteiger partial charge on any atom is 0.416 e. The van der Waals surface area contributed by atoms with Gasteiger partial charge in [0, 0.05) is 13.1 Å². The van der Waals surface area contributed by atoms with Crippen LogP contribution in [0.1, 0.15) is 19.4 Å². The first kappa shape index (κ1) is 16.7. The zero-order chi connectivity index (χ0) is 16.6. The van der Waals surface area contributed by atoms with Crippen molar-refractivity contribution in [3.8, 4) is 0 Å². The Bertz CT molecular complexity index is 584. The normalized spacial score (nSPS) is 12.1. The van der Waals surface area contributed by atoms with Crippen LogP contribution in [-0.2, 0) is 11.0 Å². The summed E-state index contributed by atoms with van der Waals surface area (Å²) < 4.78 is 37.8. The van der Waals surface area contributed by atoms with Crippen LogP contribution in [0.3, 0.4) is 0 Å². The fourth-order valence-electron chi connectivity index (χ4n) is 1.57. The minimum atomic E-state index is -4.72. The van der Waals surface area contributed by atoms with Crippen molar-refractivity contribution in [2.24, 2.45) is 0 Å². The molecule has 0 amide bonds. The van der Waals surface area contributed by atoms with Crippen molar-refractivity contribution in [1.29, 1.82) is 0 Å². The minimum absolute atomic E-state index is 0.208. The molecule has 0 aliphatic heterocycles. The smallest absolute Gasteiger partial charge is 0.416 e. The number of carboxylic acid groups (broad SMARTS) is 1. The van der Waals surface area contributed by atoms with Crippen LogP contribution in [0.25, 0.3) is 0 Å². The number of halogens is 3. The van der Waals surface area contributed by atoms with E-state index < -0.39 is 33.9 Å². The molecular weight excluding hydrogens is 293 g/mol. The van der Waals surface area contributed by atoms with Crippen molar-refractivity contribution in [3.63, 3.8) is 0 Å². The molecule has 0 unspecified atom stereocenters. The molecule has 21 heavy (non-hydrogen) atoms. The summed E-state index contributed by atoms with van der Waals surface area (Å²) in [6.45, 7) is 2.58. The number of anilines is 1. The molecule has 0 bridgehead atoms. The fraction of sp³-hybridized carbons (Fsp3) is 0.417. The van der Waals surface area contributed by atoms with Crippen LogP contribution < -0.4 is 4.90 Å². The van der Waals surface area contributed by atoms with E-state index in [0.29, 0.717) is 12.1 Å². The largest absolute Gasteiger partial charge is 0.480 e. The molecule has 1 aromatic rings. The highest BCUT2D eigenvalue weighted by molar-refractivity contribution is 5.84. The van der Waals surface area contributed by atoms with Gasteiger partial charge in [0.2, 0.25) is 0 Å². The average Bonchev–Trinajstić information content (AvgIpc) is 2.35. The second-order valence-corrected chi connectivity index (χ2v) is 4.88. The number of carbonyl (C=O) groups is 1. The Kier molecular flexibility index (Phi) is 4.16. The van der Waals surface area contributed by atoms with Gasteiger partial charge < -0.3 is 10.0 Å². The molecule has 1 N–H and O–H groups in total. The maximum absolute atomic E-state index is 12.6. The molecule has 0 heterocycles. The standard InChI is InChI=1S/C12H13F3N2O4/c1-11(2,10(18)19)16(3)8-5-4-7(12(13,14)15)6-9(8)17(20)21/h4-6H,1-3H3,(H,18,19). The van der Waals surface area contributed by atoms with Crippen molar-refractivity contribution < 1.29 is 28.0 Å². The van der Waals surface area contributed by atoms with Crippen molar-refractivity contribution in [3.05, 3.63) is 33.9 Å². The number of hydrogen-bond donors (Lipinski definition) is 1. The Labute approximate surface area is 117 Å². The van der Waals surface area contributed by atoms with E-state index in [0.717, 1.165) is 11.0 Å². The Morgan fingerprint density at radius 2 is 1.86 bits per heavy atom. The number of carboxylic acids is 1. The lowest BCUT2D eigenvalue weighted by Gasteiger charge is -2.33. The lowest BCUT2D eigenvalue weighted by atomic mass is 10.0. The summed E-state index contributed by atoms with van der Waals surface area (Å²) in [5, 5.41) is 20.1. The molecule has 0 fully saturated rings. The van der Waals surface area contributed by atoms with Crippen LogP contribution in [0.5, 0.6) is 0 Å². The monoisotopic (exact) mass is 306 g/mol. The molecule has 116 valence electrons. The van der Waals surface area contributed by atoms with Gasteiger partial charge in [-0.1, -0.05) is 0 Å². The van der Waals surface area contributed by atoms with E-state index in [9.17, 15) is 28.1 Å². The van der Waals surface area contributed by atoms with Gasteiger partial charge in [0.1, 0.15) is 11.2 Å². The SMILES string of the molecule is CN(c1ccc(C(F)(F)F)cc1[N+](=O)[O-])C(C)(C)C(=O)O. The van der Waals surface area contributed by atoms with Crippen LogP contribution in [0, 0.1) is 10.1 Å². The first-order valence-electron chi connectivity index (χ1n) is 5.72. The fourth-order valence-corrected chi connectivity index (χ4v) is 1.57. The van der Waals surface area contributed by atoms with E-state index in [2.05, 4.69) is 0 Å². The Morgan fingerprint density at radius 1 is 1.33 bits per heavy atom. The van der Waals surface area contributed by atoms with E-state index in [1.54, 1.807) is 0 Å². The number of nitro benzene ring substituents is 1. The summed E-state index contributed by atoms with van der Waals surface area (Å²) in [4.78, 5) is 22.2. The molecule has 0 atom stereocenters. The molecule has 9 heteroatoms. The predicted molar refractivity (Wildman–Crippen MR) is 68.2 cm³/mol. The Balaban J connectivity index is 3.44. The van der Waals surface area contributed by atoms with E-state index >= 15 is 0 Å². The van der Waals surface area contributed by atoms with Crippen LogP contribution in [-0.4, -0.2) is 28.6 Å². The van der Waals surface area contributed by atoms with Crippen LogP contribution in [0.4, 0.5) is 24.5 Å². The molecule has 1 aromatic carbocycles. The second kappa shape index (κ2) is 5.23. The highest BCUT2D eigenvalue weighted by atomic mass is 19.4. The van der Waals surface area contributed by atoms with E-state index in [1.807, 2.05) is 0 Å². The van der Waals surface area contributed by atoms with E-state index in [-0.39, 0.29) is 5.69 Å². The maximum atomic E-state index is 12.6. The van der Waals surface area contributed by atoms with Crippen molar-refractivity contribution >= 4 is 17.3 Å². The molecule has 0 saturated carbocycles. The number of benzene rings is 1. The first-order valence-corrected chi connectivity index (χ1v) is 5.72. The molecule has 1 rings (SSSR count). The second-order valence-electron chi connectivity index (χ2n) is 4.88. The lowest BCUT2D eigenvalue weighted by Crippen LogP contribution is -2.48. The lowest BCUT2D eigenvalue weighted by molar-refractivity contribution is -0.384. The summed E-state index contributed by atoms with van der Waals surface area (Å²) in [7, 11) is 1.27. The number of hydrogen-bond acceptors (Lipinski definition) is 4. The minimum Gasteiger partial charge on any atom is -0.480 e. The first-order chi connectivity index (χ1) is 9.39. The third-order valence-corrected chi connectivity index (χ3v) is 3.22. The number of nitrogens with zero attached hydrogens (tertiary/aromatic N) is 2. The summed E-state index contributed by atoms with van der Waals surface area (Å²) in [6.07, 6.45) is -4.72. The van der Waals surface area contributed by atoms with Crippen LogP contribution in [0.2, 0.25) is 0 Å². The van der Waals surface area contributed by atoms with Gasteiger partial charge in [-0.05, 0) is 26.0 Å². The number of nitro groups is 1. The number of alkyl halides is 3. The number of likely N-dealkylation sites (N-methyl/N-ethyl adjacent to an activating group) is 1. The zero-order valence-corrected chi connectivity index (χ0v) is 11.4. The molecule has 0 aromatic heterocycles. The molecular formula is C12H13F3N2O4. The summed E-state index contributed by atoms with van der Waals surface area (Å²) in [5.74, 6) is -1.26. The van der Waals surface area contributed by atoms with E-state index in [1.165, 1.54) is 20.9 Å². The van der Waals surface area contributed by atoms with Crippen molar-refractivity contribution in [2.75, 3.05) is 11.9 Å². The van der Waals surface area contributed by atoms with Gasteiger partial charge in [0.05, 0.1) is 10.5 Å². The predicted octanol–water partition coefficient (Wildman–Crippen LogP) is 2.91. The summed E-state index contributed by atoms with van der Waals surface area (Å²) >= 11 is 0. The topological polar surface area (TPSA) is 83.7 Å². The van der Waals surface area contributed by atoms with Crippen LogP contribution >= 0.6 is 0 Å². The van der Waals surface area contributed by atoms with Crippen molar-refractivity contribution in [2.45, 2.75) is 25.6 Å². The van der Waals surface area contributed by atoms with Gasteiger partial charge in [-0.3, -0.25) is 10.1 Å². The number of aliphatic carboxylic acids is 1. The van der Waals surface area contributed by atoms with Gasteiger partial charge in [-0.15, -0.1) is 0 Å². The highest BCUT2D eigenvalue weighted by Crippen LogP contribution is 2.37. The zero-order valence-electron chi connectivity index (χ0n) is 11.4. The van der Waals surface area contributed by atoms with Gasteiger partial charge in [0.15, 0.2) is 0 Å². The molecule has 0 spiro atoms.